The summed E-state index contributed by atoms with van der Waals surface area (Å²) in [5.74, 6) is 0. The molecule has 1 saturated heterocycles. The molecule has 0 bridgehead atoms. The lowest BCUT2D eigenvalue weighted by atomic mass is 9.88. The molecule has 2 fully saturated rings. The van der Waals surface area contributed by atoms with Crippen molar-refractivity contribution in [3.05, 3.63) is 0 Å². The summed E-state index contributed by atoms with van der Waals surface area (Å²) in [6.45, 7) is 6.17. The molecule has 2 atom stereocenters. The topological polar surface area (TPSA) is 15.3 Å². The molecule has 0 aromatic rings. The first-order valence-corrected chi connectivity index (χ1v) is 6.57. The van der Waals surface area contributed by atoms with Crippen LogP contribution in [0, 0.1) is 0 Å². The Bertz CT molecular complexity index is 213. The first-order valence-electron chi connectivity index (χ1n) is 6.57. The molecule has 0 amide bonds. The van der Waals surface area contributed by atoms with Crippen LogP contribution in [0.5, 0.6) is 0 Å². The van der Waals surface area contributed by atoms with E-state index in [1.165, 1.54) is 45.1 Å². The maximum Gasteiger partial charge on any atom is 0.0156 e. The van der Waals surface area contributed by atoms with Gasteiger partial charge in [-0.25, -0.2) is 0 Å². The van der Waals surface area contributed by atoms with Gasteiger partial charge in [0.25, 0.3) is 0 Å². The summed E-state index contributed by atoms with van der Waals surface area (Å²) in [6.07, 6.45) is 8.34. The van der Waals surface area contributed by atoms with E-state index in [0.29, 0.717) is 5.54 Å². The van der Waals surface area contributed by atoms with Crippen LogP contribution in [-0.2, 0) is 0 Å². The quantitative estimate of drug-likeness (QED) is 0.753. The molecule has 15 heavy (non-hydrogen) atoms. The third-order valence-electron chi connectivity index (χ3n) is 4.46. The third-order valence-corrected chi connectivity index (χ3v) is 4.46. The van der Waals surface area contributed by atoms with Gasteiger partial charge in [-0.05, 0) is 59.5 Å². The summed E-state index contributed by atoms with van der Waals surface area (Å²) in [5, 5.41) is 3.46. The molecular weight excluding hydrogens is 184 g/mol. The van der Waals surface area contributed by atoms with E-state index in [1.807, 2.05) is 0 Å². The fraction of sp³-hybridized carbons (Fsp3) is 1.00. The second kappa shape index (κ2) is 4.42. The van der Waals surface area contributed by atoms with E-state index < -0.39 is 0 Å². The van der Waals surface area contributed by atoms with E-state index >= 15 is 0 Å². The minimum Gasteiger partial charge on any atom is -0.317 e. The number of nitrogens with zero attached hydrogens (tertiary/aromatic N) is 1. The lowest BCUT2D eigenvalue weighted by molar-refractivity contribution is 0.0807. The van der Waals surface area contributed by atoms with Gasteiger partial charge >= 0.3 is 0 Å². The van der Waals surface area contributed by atoms with Crippen molar-refractivity contribution in [1.29, 1.82) is 0 Å². The summed E-state index contributed by atoms with van der Waals surface area (Å²) in [6, 6.07) is 1.61. The monoisotopic (exact) mass is 210 g/mol. The molecule has 1 heterocycles. The molecule has 2 unspecified atom stereocenters. The van der Waals surface area contributed by atoms with Crippen molar-refractivity contribution in [2.75, 3.05) is 13.6 Å². The maximum atomic E-state index is 3.46. The van der Waals surface area contributed by atoms with E-state index in [-0.39, 0.29) is 0 Å². The SMILES string of the molecule is CNC1CCCC(N2CCCC2(C)C)C1. The Labute approximate surface area is 94.4 Å². The smallest absolute Gasteiger partial charge is 0.0156 e. The summed E-state index contributed by atoms with van der Waals surface area (Å²) >= 11 is 0. The van der Waals surface area contributed by atoms with Crippen LogP contribution in [0.1, 0.15) is 52.4 Å². The molecule has 0 aromatic heterocycles. The normalized spacial score (nSPS) is 37.0. The van der Waals surface area contributed by atoms with Gasteiger partial charge in [0.15, 0.2) is 0 Å². The van der Waals surface area contributed by atoms with Crippen molar-refractivity contribution in [3.8, 4) is 0 Å². The molecule has 0 spiro atoms. The zero-order valence-corrected chi connectivity index (χ0v) is 10.6. The van der Waals surface area contributed by atoms with Gasteiger partial charge in [-0.3, -0.25) is 4.90 Å². The lowest BCUT2D eigenvalue weighted by Gasteiger charge is -2.42. The second-order valence-corrected chi connectivity index (χ2v) is 5.92. The number of hydrogen-bond donors (Lipinski definition) is 1. The van der Waals surface area contributed by atoms with Crippen molar-refractivity contribution in [2.24, 2.45) is 0 Å². The predicted octanol–water partition coefficient (Wildman–Crippen LogP) is 2.39. The van der Waals surface area contributed by atoms with Gasteiger partial charge in [-0.15, -0.1) is 0 Å². The van der Waals surface area contributed by atoms with Crippen LogP contribution in [0.25, 0.3) is 0 Å². The minimum atomic E-state index is 0.459. The molecule has 1 aliphatic heterocycles. The predicted molar refractivity (Wildman–Crippen MR) is 65.1 cm³/mol. The number of hydrogen-bond acceptors (Lipinski definition) is 2. The van der Waals surface area contributed by atoms with Crippen LogP contribution in [0.15, 0.2) is 0 Å². The van der Waals surface area contributed by atoms with Gasteiger partial charge in [0.2, 0.25) is 0 Å². The molecule has 0 aromatic carbocycles. The maximum absolute atomic E-state index is 3.46. The van der Waals surface area contributed by atoms with Gasteiger partial charge in [0.05, 0.1) is 0 Å². The fourth-order valence-corrected chi connectivity index (χ4v) is 3.51. The molecule has 1 N–H and O–H groups in total. The van der Waals surface area contributed by atoms with E-state index in [4.69, 9.17) is 0 Å². The standard InChI is InChI=1S/C13H26N2/c1-13(2)8-5-9-15(13)12-7-4-6-11(10-12)14-3/h11-12,14H,4-10H2,1-3H3. The number of nitrogens with one attached hydrogen (secondary N) is 1. The molecule has 2 rings (SSSR count). The third kappa shape index (κ3) is 2.36. The molecule has 1 aliphatic carbocycles. The molecule has 2 aliphatic rings. The van der Waals surface area contributed by atoms with Gasteiger partial charge in [0.1, 0.15) is 0 Å². The minimum absolute atomic E-state index is 0.459. The summed E-state index contributed by atoms with van der Waals surface area (Å²) in [4.78, 5) is 2.77. The Hall–Kier alpha value is -0.0800. The zero-order chi connectivity index (χ0) is 10.9. The van der Waals surface area contributed by atoms with Gasteiger partial charge in [0, 0.05) is 17.6 Å². The van der Waals surface area contributed by atoms with Crippen molar-refractivity contribution in [3.63, 3.8) is 0 Å². The van der Waals surface area contributed by atoms with Crippen molar-refractivity contribution < 1.29 is 0 Å². The highest BCUT2D eigenvalue weighted by atomic mass is 15.2. The van der Waals surface area contributed by atoms with Crippen LogP contribution >= 0.6 is 0 Å². The molecule has 0 radical (unpaired) electrons. The highest BCUT2D eigenvalue weighted by Crippen LogP contribution is 2.35. The average molecular weight is 210 g/mol. The molecule has 88 valence electrons. The summed E-state index contributed by atoms with van der Waals surface area (Å²) in [5.41, 5.74) is 0.459. The first-order chi connectivity index (χ1) is 7.13. The van der Waals surface area contributed by atoms with Crippen molar-refractivity contribution >= 4 is 0 Å². The average Bonchev–Trinajstić information content (AvgIpc) is 2.58. The lowest BCUT2D eigenvalue weighted by Crippen LogP contribution is -2.49. The van der Waals surface area contributed by atoms with Crippen LogP contribution in [0.2, 0.25) is 0 Å². The van der Waals surface area contributed by atoms with Gasteiger partial charge in [-0.1, -0.05) is 6.42 Å². The van der Waals surface area contributed by atoms with Crippen molar-refractivity contribution in [2.45, 2.75) is 70.0 Å². The fourth-order valence-electron chi connectivity index (χ4n) is 3.51. The Morgan fingerprint density at radius 2 is 2.00 bits per heavy atom. The molecule has 2 nitrogen and oxygen atoms in total. The zero-order valence-electron chi connectivity index (χ0n) is 10.6. The van der Waals surface area contributed by atoms with Crippen LogP contribution in [0.4, 0.5) is 0 Å². The summed E-state index contributed by atoms with van der Waals surface area (Å²) < 4.78 is 0. The van der Waals surface area contributed by atoms with E-state index in [0.717, 1.165) is 12.1 Å². The highest BCUT2D eigenvalue weighted by molar-refractivity contribution is 4.94. The Morgan fingerprint density at radius 3 is 2.60 bits per heavy atom. The Balaban J connectivity index is 1.97. The highest BCUT2D eigenvalue weighted by Gasteiger charge is 2.38. The van der Waals surface area contributed by atoms with Crippen LogP contribution in [-0.4, -0.2) is 36.1 Å². The van der Waals surface area contributed by atoms with Crippen LogP contribution in [0.3, 0.4) is 0 Å². The Morgan fingerprint density at radius 1 is 1.20 bits per heavy atom. The molecule has 1 saturated carbocycles. The van der Waals surface area contributed by atoms with Crippen LogP contribution < -0.4 is 5.32 Å². The molecular formula is C13H26N2. The van der Waals surface area contributed by atoms with Gasteiger partial charge in [-0.2, -0.15) is 0 Å². The van der Waals surface area contributed by atoms with Gasteiger partial charge < -0.3 is 5.32 Å². The van der Waals surface area contributed by atoms with E-state index in [9.17, 15) is 0 Å². The molecule has 2 heteroatoms. The largest absolute Gasteiger partial charge is 0.317 e. The first kappa shape index (κ1) is 11.4. The second-order valence-electron chi connectivity index (χ2n) is 5.92. The van der Waals surface area contributed by atoms with E-state index in [1.54, 1.807) is 0 Å². The van der Waals surface area contributed by atoms with E-state index in [2.05, 4.69) is 31.1 Å². The number of rotatable bonds is 2. The Kier molecular flexibility index (Phi) is 3.36. The number of likely N-dealkylation sites (tertiary alicyclic amines) is 1. The van der Waals surface area contributed by atoms with Crippen molar-refractivity contribution in [1.82, 2.24) is 10.2 Å². The summed E-state index contributed by atoms with van der Waals surface area (Å²) in [7, 11) is 2.11.